The molecule has 0 unspecified atom stereocenters. The second-order valence-electron chi connectivity index (χ2n) is 10.0. The van der Waals surface area contributed by atoms with Crippen LogP contribution in [0.2, 0.25) is 0 Å². The lowest BCUT2D eigenvalue weighted by atomic mass is 10.0. The van der Waals surface area contributed by atoms with Crippen LogP contribution < -0.4 is 14.8 Å². The maximum Gasteiger partial charge on any atom is 0.255 e. The molecule has 2 atom stereocenters. The van der Waals surface area contributed by atoms with Gasteiger partial charge in [0.1, 0.15) is 29.9 Å². The summed E-state index contributed by atoms with van der Waals surface area (Å²) in [5.74, 6) is -0.397. The van der Waals surface area contributed by atoms with Gasteiger partial charge in [-0.1, -0.05) is 0 Å². The number of aromatic amines is 1. The molecule has 1 saturated heterocycles. The number of piperidine rings is 1. The number of nitrogens with zero attached hydrogens (tertiary/aromatic N) is 3. The normalized spacial score (nSPS) is 19.3. The van der Waals surface area contributed by atoms with Crippen molar-refractivity contribution in [3.63, 3.8) is 0 Å². The highest BCUT2D eigenvalue weighted by atomic mass is 19.1. The molecule has 2 aromatic heterocycles. The van der Waals surface area contributed by atoms with Crippen LogP contribution in [0.4, 0.5) is 4.39 Å². The lowest BCUT2D eigenvalue weighted by Gasteiger charge is -2.36. The minimum atomic E-state index is -0.811. The van der Waals surface area contributed by atoms with Crippen molar-refractivity contribution in [2.75, 3.05) is 40.5 Å². The van der Waals surface area contributed by atoms with Crippen LogP contribution in [0.25, 0.3) is 22.3 Å². The van der Waals surface area contributed by atoms with Crippen LogP contribution in [0.1, 0.15) is 35.3 Å². The number of carbonyl (C=O) groups is 2. The van der Waals surface area contributed by atoms with Gasteiger partial charge in [-0.2, -0.15) is 0 Å². The molecular formula is C27H32FN5O6. The Morgan fingerprint density at radius 3 is 2.72 bits per heavy atom. The van der Waals surface area contributed by atoms with E-state index in [4.69, 9.17) is 14.2 Å². The lowest BCUT2D eigenvalue weighted by molar-refractivity contribution is -0.137. The molecule has 5 rings (SSSR count). The first-order valence-corrected chi connectivity index (χ1v) is 12.9. The average molecular weight is 542 g/mol. The Morgan fingerprint density at radius 2 is 2.00 bits per heavy atom. The Labute approximate surface area is 224 Å². The summed E-state index contributed by atoms with van der Waals surface area (Å²) in [6.07, 6.45) is 3.01. The topological polar surface area (TPSA) is 139 Å². The van der Waals surface area contributed by atoms with Gasteiger partial charge in [-0.15, -0.1) is 0 Å². The first-order chi connectivity index (χ1) is 18.8. The Balaban J connectivity index is 1.47. The number of aliphatic hydroxyl groups excluding tert-OH is 1. The molecule has 2 aliphatic rings. The van der Waals surface area contributed by atoms with Crippen LogP contribution in [0, 0.1) is 18.7 Å². The van der Waals surface area contributed by atoms with Gasteiger partial charge in [0, 0.05) is 37.5 Å². The monoisotopic (exact) mass is 541 g/mol. The lowest BCUT2D eigenvalue weighted by Crippen LogP contribution is -2.56. The zero-order valence-corrected chi connectivity index (χ0v) is 22.1. The highest BCUT2D eigenvalue weighted by Gasteiger charge is 2.33. The quantitative estimate of drug-likeness (QED) is 0.375. The molecule has 0 bridgehead atoms. The SMILES string of the molecule is COCC(=O)N1CC[C@@H](O)[C@@H](NC(=O)c2c(C)[nH]c3c(-c4cc(OC)c(F)cc4OCC4CC4)ncnc23)C1. The smallest absolute Gasteiger partial charge is 0.255 e. The van der Waals surface area contributed by atoms with Gasteiger partial charge in [-0.05, 0) is 38.2 Å². The number of aromatic nitrogens is 3. The third-order valence-corrected chi connectivity index (χ3v) is 7.19. The fourth-order valence-electron chi connectivity index (χ4n) is 4.85. The standard InChI is InChI=1S/C27H32FN5O6/c1-14-23(27(36)32-18-10-33(7-6-19(18)34)22(35)12-37-2)25-26(31-14)24(29-13-30-25)16-8-21(38-3)17(28)9-20(16)39-11-15-4-5-15/h8-9,13,15,18-19,31,34H,4-7,10-12H2,1-3H3,(H,32,36)/t18-,19+/m0/s1. The van der Waals surface area contributed by atoms with Gasteiger partial charge in [-0.3, -0.25) is 9.59 Å². The number of aryl methyl sites for hydroxylation is 1. The number of carbonyl (C=O) groups excluding carboxylic acids is 2. The molecule has 12 heteroatoms. The molecule has 39 heavy (non-hydrogen) atoms. The number of methoxy groups -OCH3 is 2. The number of H-pyrrole nitrogens is 1. The van der Waals surface area contributed by atoms with Gasteiger partial charge in [0.25, 0.3) is 5.91 Å². The van der Waals surface area contributed by atoms with E-state index in [2.05, 4.69) is 20.3 Å². The Kier molecular flexibility index (Phi) is 7.67. The number of aliphatic hydroxyl groups is 1. The summed E-state index contributed by atoms with van der Waals surface area (Å²) in [5, 5.41) is 13.4. The first-order valence-electron chi connectivity index (χ1n) is 12.9. The van der Waals surface area contributed by atoms with Crippen molar-refractivity contribution in [3.8, 4) is 22.8 Å². The molecule has 1 aliphatic heterocycles. The van der Waals surface area contributed by atoms with Crippen LogP contribution >= 0.6 is 0 Å². The fourth-order valence-corrected chi connectivity index (χ4v) is 4.85. The van der Waals surface area contributed by atoms with Crippen molar-refractivity contribution in [1.29, 1.82) is 0 Å². The minimum Gasteiger partial charge on any atom is -0.494 e. The van der Waals surface area contributed by atoms with Crippen molar-refractivity contribution in [2.24, 2.45) is 5.92 Å². The van der Waals surface area contributed by atoms with Gasteiger partial charge < -0.3 is 34.5 Å². The number of hydrogen-bond acceptors (Lipinski definition) is 8. The van der Waals surface area contributed by atoms with Gasteiger partial charge >= 0.3 is 0 Å². The highest BCUT2D eigenvalue weighted by Crippen LogP contribution is 2.39. The molecule has 1 saturated carbocycles. The summed E-state index contributed by atoms with van der Waals surface area (Å²) in [6, 6.07) is 2.15. The summed E-state index contributed by atoms with van der Waals surface area (Å²) in [4.78, 5) is 39.3. The van der Waals surface area contributed by atoms with Crippen molar-refractivity contribution < 1.29 is 33.3 Å². The predicted octanol–water partition coefficient (Wildman–Crippen LogP) is 2.21. The van der Waals surface area contributed by atoms with Gasteiger partial charge in [0.05, 0.1) is 36.9 Å². The summed E-state index contributed by atoms with van der Waals surface area (Å²) in [5.41, 5.74) is 2.60. The van der Waals surface area contributed by atoms with Crippen LogP contribution in [0.15, 0.2) is 18.5 Å². The first kappa shape index (κ1) is 26.8. The van der Waals surface area contributed by atoms with E-state index in [1.54, 1.807) is 11.8 Å². The number of halogens is 1. The number of ether oxygens (including phenoxy) is 3. The van der Waals surface area contributed by atoms with Crippen LogP contribution in [-0.4, -0.2) is 89.4 Å². The molecule has 3 N–H and O–H groups in total. The van der Waals surface area contributed by atoms with Crippen LogP contribution in [0.5, 0.6) is 11.5 Å². The average Bonchev–Trinajstić information content (AvgIpc) is 3.68. The van der Waals surface area contributed by atoms with Crippen molar-refractivity contribution in [3.05, 3.63) is 35.5 Å². The number of hydrogen-bond donors (Lipinski definition) is 3. The Hall–Kier alpha value is -3.77. The maximum atomic E-state index is 14.6. The van der Waals surface area contributed by atoms with Crippen LogP contribution in [0.3, 0.4) is 0 Å². The third-order valence-electron chi connectivity index (χ3n) is 7.19. The summed E-state index contributed by atoms with van der Waals surface area (Å²) in [7, 11) is 2.82. The van der Waals surface area contributed by atoms with Crippen molar-refractivity contribution >= 4 is 22.8 Å². The molecule has 2 amide bonds. The van der Waals surface area contributed by atoms with Crippen LogP contribution in [-0.2, 0) is 9.53 Å². The van der Waals surface area contributed by atoms with E-state index in [0.717, 1.165) is 12.8 Å². The number of amides is 2. The number of benzene rings is 1. The van der Waals surface area contributed by atoms with E-state index in [0.29, 0.717) is 59.2 Å². The van der Waals surface area contributed by atoms with E-state index in [1.807, 2.05) is 0 Å². The molecule has 208 valence electrons. The van der Waals surface area contributed by atoms with E-state index in [9.17, 15) is 19.1 Å². The van der Waals surface area contributed by atoms with E-state index < -0.39 is 23.9 Å². The molecule has 2 fully saturated rings. The highest BCUT2D eigenvalue weighted by molar-refractivity contribution is 6.09. The summed E-state index contributed by atoms with van der Waals surface area (Å²) < 4.78 is 30.7. The number of nitrogens with one attached hydrogen (secondary N) is 2. The molecular weight excluding hydrogens is 509 g/mol. The molecule has 0 spiro atoms. The van der Waals surface area contributed by atoms with Gasteiger partial charge in [0.15, 0.2) is 11.6 Å². The van der Waals surface area contributed by atoms with Crippen molar-refractivity contribution in [2.45, 2.75) is 38.3 Å². The van der Waals surface area contributed by atoms with E-state index in [1.165, 1.54) is 32.7 Å². The number of rotatable bonds is 9. The predicted molar refractivity (Wildman–Crippen MR) is 139 cm³/mol. The Morgan fingerprint density at radius 1 is 1.21 bits per heavy atom. The minimum absolute atomic E-state index is 0.0376. The zero-order valence-electron chi connectivity index (χ0n) is 22.1. The number of likely N-dealkylation sites (tertiary alicyclic amines) is 1. The largest absolute Gasteiger partial charge is 0.494 e. The van der Waals surface area contributed by atoms with Crippen molar-refractivity contribution in [1.82, 2.24) is 25.2 Å². The fraction of sp³-hybridized carbons (Fsp3) is 0.481. The third kappa shape index (κ3) is 5.52. The summed E-state index contributed by atoms with van der Waals surface area (Å²) >= 11 is 0. The zero-order chi connectivity index (χ0) is 27.7. The van der Waals surface area contributed by atoms with Gasteiger partial charge in [0.2, 0.25) is 5.91 Å². The van der Waals surface area contributed by atoms with E-state index in [-0.39, 0.29) is 30.4 Å². The number of fused-ring (bicyclic) bond motifs is 1. The molecule has 3 aromatic rings. The van der Waals surface area contributed by atoms with Gasteiger partial charge in [-0.25, -0.2) is 14.4 Å². The summed E-state index contributed by atoms with van der Waals surface area (Å²) in [6.45, 7) is 2.68. The maximum absolute atomic E-state index is 14.6. The molecule has 3 heterocycles. The second-order valence-corrected chi connectivity index (χ2v) is 10.0. The Bertz CT molecular complexity index is 1390. The second kappa shape index (κ2) is 11.1. The van der Waals surface area contributed by atoms with E-state index >= 15 is 0 Å². The molecule has 0 radical (unpaired) electrons. The molecule has 1 aromatic carbocycles. The molecule has 1 aliphatic carbocycles. The molecule has 11 nitrogen and oxygen atoms in total.